The van der Waals surface area contributed by atoms with Crippen molar-refractivity contribution in [2.75, 3.05) is 5.43 Å². The lowest BCUT2D eigenvalue weighted by molar-refractivity contribution is -0.385. The van der Waals surface area contributed by atoms with E-state index in [0.29, 0.717) is 29.0 Å². The lowest BCUT2D eigenvalue weighted by Gasteiger charge is -2.10. The van der Waals surface area contributed by atoms with Gasteiger partial charge in [-0.05, 0) is 37.3 Å². The van der Waals surface area contributed by atoms with Crippen molar-refractivity contribution >= 4 is 34.8 Å². The Kier molecular flexibility index (Phi) is 5.36. The number of allylic oxidation sites excluding steroid dienone is 1. The Hall–Kier alpha value is -3.81. The molecule has 0 aliphatic heterocycles. The quantitative estimate of drug-likeness (QED) is 0.410. The molecule has 0 saturated carbocycles. The van der Waals surface area contributed by atoms with E-state index in [1.54, 1.807) is 48.6 Å². The van der Waals surface area contributed by atoms with Gasteiger partial charge in [0.15, 0.2) is 0 Å². The zero-order valence-electron chi connectivity index (χ0n) is 14.6. The van der Waals surface area contributed by atoms with Crippen LogP contribution in [-0.2, 0) is 6.54 Å². The van der Waals surface area contributed by atoms with Gasteiger partial charge in [0.25, 0.3) is 11.2 Å². The van der Waals surface area contributed by atoms with Crippen molar-refractivity contribution in [1.82, 2.24) is 9.55 Å². The Bertz CT molecular complexity index is 1100. The number of benzene rings is 2. The van der Waals surface area contributed by atoms with E-state index in [2.05, 4.69) is 15.5 Å². The summed E-state index contributed by atoms with van der Waals surface area (Å²) in [5, 5.41) is 15.6. The predicted molar refractivity (Wildman–Crippen MR) is 106 cm³/mol. The highest BCUT2D eigenvalue weighted by Crippen LogP contribution is 2.18. The zero-order chi connectivity index (χ0) is 19.2. The van der Waals surface area contributed by atoms with Gasteiger partial charge in [-0.25, -0.2) is 10.4 Å². The van der Waals surface area contributed by atoms with Crippen LogP contribution in [0, 0.1) is 10.1 Å². The average Bonchev–Trinajstić information content (AvgIpc) is 2.68. The van der Waals surface area contributed by atoms with Gasteiger partial charge in [0.05, 0.1) is 21.4 Å². The Morgan fingerprint density at radius 3 is 2.74 bits per heavy atom. The molecule has 27 heavy (non-hydrogen) atoms. The first-order valence-corrected chi connectivity index (χ1v) is 8.30. The van der Waals surface area contributed by atoms with E-state index in [4.69, 9.17) is 0 Å². The molecule has 8 nitrogen and oxygen atoms in total. The molecule has 0 bridgehead atoms. The summed E-state index contributed by atoms with van der Waals surface area (Å²) >= 11 is 0. The largest absolute Gasteiger partial charge is 0.277 e. The van der Waals surface area contributed by atoms with Crippen LogP contribution in [0.5, 0.6) is 0 Å². The van der Waals surface area contributed by atoms with Gasteiger partial charge in [-0.1, -0.05) is 24.3 Å². The molecule has 0 radical (unpaired) electrons. The number of nitro groups is 1. The van der Waals surface area contributed by atoms with Crippen LogP contribution in [0.1, 0.15) is 12.5 Å². The first-order chi connectivity index (χ1) is 13.1. The Labute approximate surface area is 154 Å². The van der Waals surface area contributed by atoms with E-state index < -0.39 is 4.92 Å². The molecule has 0 unspecified atom stereocenters. The van der Waals surface area contributed by atoms with Gasteiger partial charge in [-0.3, -0.25) is 19.5 Å². The third-order valence-corrected chi connectivity index (χ3v) is 3.91. The molecule has 0 atom stereocenters. The summed E-state index contributed by atoms with van der Waals surface area (Å²) in [6, 6.07) is 13.5. The molecule has 3 rings (SSSR count). The number of hydrogen-bond donors (Lipinski definition) is 1. The fraction of sp³-hybridized carbons (Fsp3) is 0.105. The van der Waals surface area contributed by atoms with Crippen molar-refractivity contribution in [2.24, 2.45) is 5.10 Å². The minimum atomic E-state index is -0.437. The monoisotopic (exact) mass is 363 g/mol. The van der Waals surface area contributed by atoms with Crippen molar-refractivity contribution in [3.05, 3.63) is 80.6 Å². The SMILES string of the molecule is CCn1c(N/N=C\C=C\c2ccccc2[N+](=O)[O-])nc2ccccc2c1=O. The summed E-state index contributed by atoms with van der Waals surface area (Å²) in [6.07, 6.45) is 4.60. The second-order valence-electron chi connectivity index (χ2n) is 5.57. The summed E-state index contributed by atoms with van der Waals surface area (Å²) in [5.41, 5.74) is 3.69. The van der Waals surface area contributed by atoms with Crippen LogP contribution in [0.25, 0.3) is 17.0 Å². The number of nitrogens with one attached hydrogen (secondary N) is 1. The molecular weight excluding hydrogens is 346 g/mol. The molecule has 3 aromatic rings. The van der Waals surface area contributed by atoms with E-state index in [1.807, 2.05) is 13.0 Å². The summed E-state index contributed by atoms with van der Waals surface area (Å²) in [7, 11) is 0. The summed E-state index contributed by atoms with van der Waals surface area (Å²) in [6.45, 7) is 2.29. The number of hydrazone groups is 1. The smallest absolute Gasteiger partial charge is 0.276 e. The first-order valence-electron chi connectivity index (χ1n) is 8.30. The number of aromatic nitrogens is 2. The summed E-state index contributed by atoms with van der Waals surface area (Å²) < 4.78 is 1.49. The van der Waals surface area contributed by atoms with Crippen molar-refractivity contribution in [3.63, 3.8) is 0 Å². The number of anilines is 1. The first kappa shape index (κ1) is 18.0. The zero-order valence-corrected chi connectivity index (χ0v) is 14.6. The Balaban J connectivity index is 1.81. The van der Waals surface area contributed by atoms with Gasteiger partial charge in [0.1, 0.15) is 0 Å². The number of fused-ring (bicyclic) bond motifs is 1. The molecule has 136 valence electrons. The number of hydrogen-bond acceptors (Lipinski definition) is 6. The number of rotatable bonds is 6. The lowest BCUT2D eigenvalue weighted by Crippen LogP contribution is -2.23. The van der Waals surface area contributed by atoms with Crippen molar-refractivity contribution < 1.29 is 4.92 Å². The molecule has 8 heteroatoms. The number of nitro benzene ring substituents is 1. The fourth-order valence-electron chi connectivity index (χ4n) is 2.63. The Morgan fingerprint density at radius 2 is 1.96 bits per heavy atom. The minimum absolute atomic E-state index is 0.0196. The van der Waals surface area contributed by atoms with Gasteiger partial charge >= 0.3 is 0 Å². The van der Waals surface area contributed by atoms with Crippen LogP contribution in [0.15, 0.2) is 64.5 Å². The third kappa shape index (κ3) is 3.90. The molecule has 0 spiro atoms. The highest BCUT2D eigenvalue weighted by atomic mass is 16.6. The van der Waals surface area contributed by atoms with Crippen LogP contribution >= 0.6 is 0 Å². The van der Waals surface area contributed by atoms with E-state index in [9.17, 15) is 14.9 Å². The van der Waals surface area contributed by atoms with Gasteiger partial charge in [0, 0.05) is 18.8 Å². The fourth-order valence-corrected chi connectivity index (χ4v) is 2.63. The van der Waals surface area contributed by atoms with Gasteiger partial charge in [-0.15, -0.1) is 0 Å². The molecule has 1 aromatic heterocycles. The topological polar surface area (TPSA) is 102 Å². The van der Waals surface area contributed by atoms with Crippen molar-refractivity contribution in [3.8, 4) is 0 Å². The summed E-state index contributed by atoms with van der Waals surface area (Å²) in [4.78, 5) is 27.5. The van der Waals surface area contributed by atoms with E-state index in [0.717, 1.165) is 0 Å². The van der Waals surface area contributed by atoms with Crippen LogP contribution in [-0.4, -0.2) is 20.7 Å². The Morgan fingerprint density at radius 1 is 1.22 bits per heavy atom. The van der Waals surface area contributed by atoms with E-state index in [-0.39, 0.29) is 11.2 Å². The maximum atomic E-state index is 12.5. The third-order valence-electron chi connectivity index (χ3n) is 3.91. The molecule has 1 heterocycles. The van der Waals surface area contributed by atoms with Gasteiger partial charge in [0.2, 0.25) is 5.95 Å². The van der Waals surface area contributed by atoms with Gasteiger partial charge in [-0.2, -0.15) is 5.10 Å². The highest BCUT2D eigenvalue weighted by Gasteiger charge is 2.09. The molecule has 0 saturated heterocycles. The van der Waals surface area contributed by atoms with Crippen LogP contribution in [0.3, 0.4) is 0 Å². The van der Waals surface area contributed by atoms with Crippen LogP contribution in [0.4, 0.5) is 11.6 Å². The second-order valence-corrected chi connectivity index (χ2v) is 5.57. The highest BCUT2D eigenvalue weighted by molar-refractivity contribution is 5.81. The molecule has 0 fully saturated rings. The molecule has 0 aliphatic carbocycles. The standard InChI is InChI=1S/C19H17N5O3/c1-2-23-18(25)15-10-4-5-11-16(15)21-19(23)22-20-13-7-9-14-8-3-6-12-17(14)24(26)27/h3-13H,2H2,1H3,(H,21,22)/b9-7+,20-13-. The van der Waals surface area contributed by atoms with Gasteiger partial charge < -0.3 is 0 Å². The molecule has 0 amide bonds. The van der Waals surface area contributed by atoms with E-state index >= 15 is 0 Å². The molecular formula is C19H17N5O3. The number of para-hydroxylation sites is 2. The normalized spacial score (nSPS) is 11.4. The van der Waals surface area contributed by atoms with Crippen LogP contribution in [0.2, 0.25) is 0 Å². The second kappa shape index (κ2) is 8.05. The summed E-state index contributed by atoms with van der Waals surface area (Å²) in [5.74, 6) is 0.330. The maximum absolute atomic E-state index is 12.5. The lowest BCUT2D eigenvalue weighted by atomic mass is 10.2. The maximum Gasteiger partial charge on any atom is 0.276 e. The molecule has 0 aliphatic rings. The molecule has 1 N–H and O–H groups in total. The van der Waals surface area contributed by atoms with Crippen molar-refractivity contribution in [2.45, 2.75) is 13.5 Å². The average molecular weight is 363 g/mol. The van der Waals surface area contributed by atoms with Crippen LogP contribution < -0.4 is 11.0 Å². The van der Waals surface area contributed by atoms with E-state index in [1.165, 1.54) is 16.8 Å². The van der Waals surface area contributed by atoms with Crippen molar-refractivity contribution in [1.29, 1.82) is 0 Å². The number of nitrogens with zero attached hydrogens (tertiary/aromatic N) is 4. The minimum Gasteiger partial charge on any atom is -0.277 e. The predicted octanol–water partition coefficient (Wildman–Crippen LogP) is 3.44. The molecule has 2 aromatic carbocycles.